The van der Waals surface area contributed by atoms with Crippen molar-refractivity contribution in [3.05, 3.63) is 57.8 Å². The molecule has 0 unspecified atom stereocenters. The highest BCUT2D eigenvalue weighted by molar-refractivity contribution is 7.12. The molecule has 140 valence electrons. The number of nitrogens with zero attached hydrogens (tertiary/aromatic N) is 3. The van der Waals surface area contributed by atoms with Crippen molar-refractivity contribution in [1.29, 1.82) is 0 Å². The first kappa shape index (κ1) is 17.1. The zero-order chi connectivity index (χ0) is 18.1. The van der Waals surface area contributed by atoms with Gasteiger partial charge in [-0.15, -0.1) is 11.3 Å². The van der Waals surface area contributed by atoms with Crippen molar-refractivity contribution < 1.29 is 4.74 Å². The van der Waals surface area contributed by atoms with E-state index in [9.17, 15) is 0 Å². The fourth-order valence-electron chi connectivity index (χ4n) is 3.96. The van der Waals surface area contributed by atoms with Crippen LogP contribution >= 0.6 is 11.3 Å². The molecule has 2 aliphatic rings. The molecule has 5 rings (SSSR count). The van der Waals surface area contributed by atoms with Crippen LogP contribution in [0.3, 0.4) is 0 Å². The van der Waals surface area contributed by atoms with Crippen LogP contribution in [-0.2, 0) is 24.2 Å². The summed E-state index contributed by atoms with van der Waals surface area (Å²) >= 11 is 1.92. The molecule has 0 aromatic carbocycles. The van der Waals surface area contributed by atoms with Crippen LogP contribution in [0.5, 0.6) is 0 Å². The molecule has 5 nitrogen and oxygen atoms in total. The van der Waals surface area contributed by atoms with E-state index in [2.05, 4.69) is 33.1 Å². The minimum atomic E-state index is 0.320. The van der Waals surface area contributed by atoms with Gasteiger partial charge in [-0.25, -0.2) is 4.98 Å². The maximum absolute atomic E-state index is 5.94. The zero-order valence-electron chi connectivity index (χ0n) is 15.4. The smallest absolute Gasteiger partial charge is 0.139 e. The van der Waals surface area contributed by atoms with Gasteiger partial charge < -0.3 is 9.72 Å². The second-order valence-electron chi connectivity index (χ2n) is 7.37. The summed E-state index contributed by atoms with van der Waals surface area (Å²) in [7, 11) is 0. The van der Waals surface area contributed by atoms with Crippen molar-refractivity contribution in [3.63, 3.8) is 0 Å². The number of hydrogen-bond donors (Lipinski definition) is 1. The van der Waals surface area contributed by atoms with Crippen molar-refractivity contribution in [2.75, 3.05) is 13.2 Å². The van der Waals surface area contributed by atoms with Crippen molar-refractivity contribution in [3.8, 4) is 11.4 Å². The number of rotatable bonds is 4. The third-order valence-corrected chi connectivity index (χ3v) is 6.57. The average molecular weight is 381 g/mol. The highest BCUT2D eigenvalue weighted by atomic mass is 32.1. The number of aromatic amines is 1. The van der Waals surface area contributed by atoms with E-state index in [0.717, 1.165) is 50.5 Å². The number of fused-ring (bicyclic) bond motifs is 1. The van der Waals surface area contributed by atoms with Crippen LogP contribution in [0.15, 0.2) is 36.7 Å². The Morgan fingerprint density at radius 1 is 1.26 bits per heavy atom. The van der Waals surface area contributed by atoms with Crippen LogP contribution in [0, 0.1) is 0 Å². The predicted molar refractivity (Wildman–Crippen MR) is 106 cm³/mol. The van der Waals surface area contributed by atoms with Gasteiger partial charge in [-0.2, -0.15) is 0 Å². The van der Waals surface area contributed by atoms with E-state index in [1.165, 1.54) is 34.0 Å². The van der Waals surface area contributed by atoms with Crippen molar-refractivity contribution in [2.45, 2.75) is 44.9 Å². The van der Waals surface area contributed by atoms with E-state index in [1.54, 1.807) is 6.20 Å². The Labute approximate surface area is 163 Å². The number of aromatic nitrogens is 3. The van der Waals surface area contributed by atoms with E-state index in [4.69, 9.17) is 9.72 Å². The number of ether oxygens (including phenoxy) is 1. The van der Waals surface area contributed by atoms with Gasteiger partial charge in [0, 0.05) is 60.4 Å². The third kappa shape index (κ3) is 3.70. The molecule has 1 saturated heterocycles. The molecular formula is C21H24N4OS. The van der Waals surface area contributed by atoms with E-state index in [1.807, 2.05) is 23.6 Å². The lowest BCUT2D eigenvalue weighted by molar-refractivity contribution is 0.0172. The number of thiophene rings is 1. The largest absolute Gasteiger partial charge is 0.373 e. The SMILES string of the molecule is c1cncc(-c2nc3c([nH]2)CN(Cc2ccc([C@@H]4CCCCO4)s2)CC3)c1. The highest BCUT2D eigenvalue weighted by Crippen LogP contribution is 2.33. The van der Waals surface area contributed by atoms with E-state index in [-0.39, 0.29) is 0 Å². The van der Waals surface area contributed by atoms with Crippen LogP contribution < -0.4 is 0 Å². The second kappa shape index (κ2) is 7.54. The molecule has 0 bridgehead atoms. The minimum absolute atomic E-state index is 0.320. The average Bonchev–Trinajstić information content (AvgIpc) is 3.36. The molecule has 0 amide bonds. The molecule has 2 aliphatic heterocycles. The third-order valence-electron chi connectivity index (χ3n) is 5.40. The summed E-state index contributed by atoms with van der Waals surface area (Å²) in [6.07, 6.45) is 8.63. The molecule has 0 spiro atoms. The Bertz CT molecular complexity index is 898. The molecule has 27 heavy (non-hydrogen) atoms. The Kier molecular flexibility index (Phi) is 4.78. The van der Waals surface area contributed by atoms with Crippen LogP contribution in [0.2, 0.25) is 0 Å². The monoisotopic (exact) mass is 380 g/mol. The lowest BCUT2D eigenvalue weighted by atomic mass is 10.1. The molecule has 1 N–H and O–H groups in total. The summed E-state index contributed by atoms with van der Waals surface area (Å²) in [4.78, 5) is 17.8. The first-order valence-corrected chi connectivity index (χ1v) is 10.6. The molecule has 0 aliphatic carbocycles. The molecular weight excluding hydrogens is 356 g/mol. The number of nitrogens with one attached hydrogen (secondary N) is 1. The molecule has 3 aromatic heterocycles. The maximum Gasteiger partial charge on any atom is 0.139 e. The Morgan fingerprint density at radius 2 is 2.26 bits per heavy atom. The van der Waals surface area contributed by atoms with Gasteiger partial charge in [0.1, 0.15) is 5.82 Å². The quantitative estimate of drug-likeness (QED) is 0.732. The summed E-state index contributed by atoms with van der Waals surface area (Å²) in [5.41, 5.74) is 3.49. The minimum Gasteiger partial charge on any atom is -0.373 e. The lowest BCUT2D eigenvalue weighted by Crippen LogP contribution is -2.29. The first-order chi connectivity index (χ1) is 13.3. The molecule has 1 fully saturated rings. The Balaban J connectivity index is 1.26. The fourth-order valence-corrected chi connectivity index (χ4v) is 5.10. The van der Waals surface area contributed by atoms with E-state index < -0.39 is 0 Å². The molecule has 0 saturated carbocycles. The van der Waals surface area contributed by atoms with Gasteiger partial charge in [-0.3, -0.25) is 9.88 Å². The molecule has 5 heterocycles. The number of hydrogen-bond acceptors (Lipinski definition) is 5. The van der Waals surface area contributed by atoms with Crippen molar-refractivity contribution >= 4 is 11.3 Å². The number of pyridine rings is 1. The predicted octanol–water partition coefficient (Wildman–Crippen LogP) is 4.33. The van der Waals surface area contributed by atoms with Crippen LogP contribution in [0.1, 0.15) is 46.5 Å². The standard InChI is InChI=1S/C21H24N4OS/c1-2-11-26-19(5-1)20-7-6-16(27-20)13-25-10-8-17-18(14-25)24-21(23-17)15-4-3-9-22-12-15/h3-4,6-7,9,12,19H,1-2,5,8,10-11,13-14H2,(H,23,24)/t19-/m0/s1. The van der Waals surface area contributed by atoms with Crippen molar-refractivity contribution in [1.82, 2.24) is 19.9 Å². The Hall–Kier alpha value is -2.02. The Morgan fingerprint density at radius 3 is 3.11 bits per heavy atom. The van der Waals surface area contributed by atoms with Gasteiger partial charge in [0.2, 0.25) is 0 Å². The van der Waals surface area contributed by atoms with Crippen LogP contribution in [0.4, 0.5) is 0 Å². The summed E-state index contributed by atoms with van der Waals surface area (Å²) < 4.78 is 5.94. The fraction of sp³-hybridized carbons (Fsp3) is 0.429. The zero-order valence-corrected chi connectivity index (χ0v) is 16.2. The van der Waals surface area contributed by atoms with Crippen LogP contribution in [0.25, 0.3) is 11.4 Å². The van der Waals surface area contributed by atoms with Gasteiger partial charge in [0.25, 0.3) is 0 Å². The summed E-state index contributed by atoms with van der Waals surface area (Å²) in [6, 6.07) is 8.55. The van der Waals surface area contributed by atoms with Gasteiger partial charge in [0.15, 0.2) is 0 Å². The molecule has 3 aromatic rings. The number of H-pyrrole nitrogens is 1. The second-order valence-corrected chi connectivity index (χ2v) is 8.57. The first-order valence-electron chi connectivity index (χ1n) is 9.76. The normalized spacial score (nSPS) is 20.5. The summed E-state index contributed by atoms with van der Waals surface area (Å²) in [5.74, 6) is 0.933. The van der Waals surface area contributed by atoms with E-state index in [0.29, 0.717) is 6.10 Å². The van der Waals surface area contributed by atoms with Gasteiger partial charge >= 0.3 is 0 Å². The van der Waals surface area contributed by atoms with Gasteiger partial charge in [-0.1, -0.05) is 0 Å². The van der Waals surface area contributed by atoms with Crippen LogP contribution in [-0.4, -0.2) is 33.0 Å². The number of imidazole rings is 1. The topological polar surface area (TPSA) is 54.0 Å². The molecule has 0 radical (unpaired) electrons. The molecule has 6 heteroatoms. The summed E-state index contributed by atoms with van der Waals surface area (Å²) in [6.45, 7) is 3.89. The van der Waals surface area contributed by atoms with Gasteiger partial charge in [0.05, 0.1) is 17.5 Å². The van der Waals surface area contributed by atoms with Crippen molar-refractivity contribution in [2.24, 2.45) is 0 Å². The summed E-state index contributed by atoms with van der Waals surface area (Å²) in [5, 5.41) is 0. The molecule has 1 atom stereocenters. The lowest BCUT2D eigenvalue weighted by Gasteiger charge is -2.25. The van der Waals surface area contributed by atoms with E-state index >= 15 is 0 Å². The maximum atomic E-state index is 5.94. The highest BCUT2D eigenvalue weighted by Gasteiger charge is 2.22. The van der Waals surface area contributed by atoms with Gasteiger partial charge in [-0.05, 0) is 43.5 Å².